The second kappa shape index (κ2) is 8.32. The summed E-state index contributed by atoms with van der Waals surface area (Å²) in [5.74, 6) is -0.584. The molecule has 0 aliphatic rings. The predicted molar refractivity (Wildman–Crippen MR) is 81.3 cm³/mol. The highest BCUT2D eigenvalue weighted by atomic mass is 19.4. The van der Waals surface area contributed by atoms with Crippen molar-refractivity contribution in [2.24, 2.45) is 0 Å². The van der Waals surface area contributed by atoms with Crippen LogP contribution in [0.2, 0.25) is 0 Å². The van der Waals surface area contributed by atoms with Gasteiger partial charge in [-0.1, -0.05) is 12.1 Å². The van der Waals surface area contributed by atoms with E-state index in [0.717, 1.165) is 0 Å². The summed E-state index contributed by atoms with van der Waals surface area (Å²) in [6.07, 6.45) is -3.17. The molecule has 1 heterocycles. The average molecular weight is 357 g/mol. The van der Waals surface area contributed by atoms with Crippen molar-refractivity contribution in [2.75, 3.05) is 6.61 Å². The Morgan fingerprint density at radius 1 is 1.08 bits per heavy atom. The summed E-state index contributed by atoms with van der Waals surface area (Å²) in [4.78, 5) is 15.4. The number of benzene rings is 1. The molecule has 2 aromatic rings. The summed E-state index contributed by atoms with van der Waals surface area (Å²) in [7, 11) is 0. The summed E-state index contributed by atoms with van der Waals surface area (Å²) in [5, 5.41) is 5.08. The Morgan fingerprint density at radius 2 is 1.76 bits per heavy atom. The minimum absolute atomic E-state index is 0.0693. The Morgan fingerprint density at radius 3 is 2.40 bits per heavy atom. The first-order valence-corrected chi connectivity index (χ1v) is 7.22. The lowest BCUT2D eigenvalue weighted by Crippen LogP contribution is -2.34. The number of carbonyl (C=O) groups excluding carboxylic acids is 1. The van der Waals surface area contributed by atoms with E-state index in [9.17, 15) is 22.4 Å². The number of hydrogen-bond acceptors (Lipinski definition) is 3. The second-order valence-corrected chi connectivity index (χ2v) is 5.07. The lowest BCUT2D eigenvalue weighted by molar-refractivity contribution is -0.154. The summed E-state index contributed by atoms with van der Waals surface area (Å²) in [6.45, 7) is -1.23. The first-order chi connectivity index (χ1) is 11.8. The molecule has 0 unspecified atom stereocenters. The number of halogens is 4. The van der Waals surface area contributed by atoms with Crippen molar-refractivity contribution in [1.29, 1.82) is 0 Å². The van der Waals surface area contributed by atoms with Gasteiger partial charge in [0, 0.05) is 25.4 Å². The lowest BCUT2D eigenvalue weighted by Gasteiger charge is -2.10. The first kappa shape index (κ1) is 18.5. The fraction of sp³-hybridized carbons (Fsp3) is 0.250. The number of pyridine rings is 1. The molecule has 2 N–H and O–H groups in total. The van der Waals surface area contributed by atoms with E-state index in [4.69, 9.17) is 0 Å². The van der Waals surface area contributed by atoms with Crippen LogP contribution in [0.5, 0.6) is 5.88 Å². The number of alkyl halides is 3. The highest BCUT2D eigenvalue weighted by molar-refractivity contribution is 5.73. The van der Waals surface area contributed by atoms with Crippen molar-refractivity contribution in [3.8, 4) is 5.88 Å². The summed E-state index contributed by atoms with van der Waals surface area (Å²) in [5.41, 5.74) is 1.12. The molecule has 2 amide bonds. The molecular weight excluding hydrogens is 342 g/mol. The van der Waals surface area contributed by atoms with Gasteiger partial charge < -0.3 is 15.4 Å². The number of carbonyl (C=O) groups is 1. The van der Waals surface area contributed by atoms with E-state index in [1.165, 1.54) is 36.5 Å². The Balaban J connectivity index is 1.79. The molecule has 5 nitrogen and oxygen atoms in total. The second-order valence-electron chi connectivity index (χ2n) is 5.07. The number of rotatable bonds is 6. The molecule has 134 valence electrons. The molecule has 25 heavy (non-hydrogen) atoms. The number of urea groups is 1. The number of hydrogen-bond donors (Lipinski definition) is 2. The Labute approximate surface area is 141 Å². The molecule has 0 saturated heterocycles. The van der Waals surface area contributed by atoms with Gasteiger partial charge in [0.15, 0.2) is 6.61 Å². The van der Waals surface area contributed by atoms with Crippen LogP contribution in [-0.4, -0.2) is 23.8 Å². The van der Waals surface area contributed by atoms with Crippen LogP contribution in [0.15, 0.2) is 42.6 Å². The maximum atomic E-state index is 13.0. The third kappa shape index (κ3) is 7.06. The van der Waals surface area contributed by atoms with E-state index in [1.807, 2.05) is 0 Å². The molecule has 0 aliphatic carbocycles. The zero-order valence-corrected chi connectivity index (χ0v) is 12.9. The van der Waals surface area contributed by atoms with Crippen LogP contribution >= 0.6 is 0 Å². The van der Waals surface area contributed by atoms with Crippen molar-refractivity contribution in [1.82, 2.24) is 15.6 Å². The number of amides is 2. The molecule has 0 bridgehead atoms. The van der Waals surface area contributed by atoms with Crippen LogP contribution < -0.4 is 15.4 Å². The van der Waals surface area contributed by atoms with Crippen molar-refractivity contribution in [2.45, 2.75) is 19.3 Å². The smallest absolute Gasteiger partial charge is 0.422 e. The van der Waals surface area contributed by atoms with Gasteiger partial charge >= 0.3 is 12.2 Å². The van der Waals surface area contributed by atoms with Crippen molar-refractivity contribution >= 4 is 6.03 Å². The third-order valence-corrected chi connectivity index (χ3v) is 2.98. The molecule has 0 saturated carbocycles. The molecule has 9 heteroatoms. The number of ether oxygens (including phenoxy) is 1. The van der Waals surface area contributed by atoms with Crippen LogP contribution in [-0.2, 0) is 13.1 Å². The topological polar surface area (TPSA) is 63.2 Å². The lowest BCUT2D eigenvalue weighted by atomic mass is 10.2. The van der Waals surface area contributed by atoms with Gasteiger partial charge in [0.2, 0.25) is 5.88 Å². The van der Waals surface area contributed by atoms with Crippen LogP contribution in [0.25, 0.3) is 0 Å². The maximum Gasteiger partial charge on any atom is 0.422 e. The highest BCUT2D eigenvalue weighted by Crippen LogP contribution is 2.17. The number of aromatic nitrogens is 1. The summed E-state index contributed by atoms with van der Waals surface area (Å²) < 4.78 is 53.9. The van der Waals surface area contributed by atoms with E-state index < -0.39 is 24.6 Å². The van der Waals surface area contributed by atoms with Gasteiger partial charge in [-0.25, -0.2) is 14.2 Å². The van der Waals surface area contributed by atoms with E-state index in [0.29, 0.717) is 11.1 Å². The quantitative estimate of drug-likeness (QED) is 0.781. The molecule has 0 aliphatic heterocycles. The zero-order valence-electron chi connectivity index (χ0n) is 12.9. The molecule has 1 aromatic carbocycles. The third-order valence-electron chi connectivity index (χ3n) is 2.98. The Bertz CT molecular complexity index is 723. The molecule has 0 spiro atoms. The fourth-order valence-electron chi connectivity index (χ4n) is 1.87. The molecular formula is C16H15F4N3O2. The summed E-state index contributed by atoms with van der Waals surface area (Å²) in [6, 6.07) is 8.13. The van der Waals surface area contributed by atoms with Gasteiger partial charge in [-0.05, 0) is 29.3 Å². The minimum Gasteiger partial charge on any atom is -0.468 e. The Hall–Kier alpha value is -2.84. The van der Waals surface area contributed by atoms with Crippen molar-refractivity contribution < 1.29 is 27.1 Å². The number of nitrogens with zero attached hydrogens (tertiary/aromatic N) is 1. The van der Waals surface area contributed by atoms with Crippen molar-refractivity contribution in [3.05, 3.63) is 59.5 Å². The molecule has 0 atom stereocenters. The van der Waals surface area contributed by atoms with E-state index in [-0.39, 0.29) is 19.0 Å². The summed E-state index contributed by atoms with van der Waals surface area (Å²) >= 11 is 0. The zero-order chi connectivity index (χ0) is 18.3. The van der Waals surface area contributed by atoms with Crippen LogP contribution in [0.1, 0.15) is 11.1 Å². The van der Waals surface area contributed by atoms with Crippen LogP contribution in [0.3, 0.4) is 0 Å². The molecule has 2 rings (SSSR count). The van der Waals surface area contributed by atoms with Gasteiger partial charge in [0.25, 0.3) is 0 Å². The van der Waals surface area contributed by atoms with Gasteiger partial charge in [-0.3, -0.25) is 0 Å². The Kier molecular flexibility index (Phi) is 6.15. The van der Waals surface area contributed by atoms with Crippen LogP contribution in [0.4, 0.5) is 22.4 Å². The van der Waals surface area contributed by atoms with E-state index in [2.05, 4.69) is 20.4 Å². The van der Waals surface area contributed by atoms with Crippen LogP contribution in [0, 0.1) is 5.82 Å². The molecule has 1 aromatic heterocycles. The SMILES string of the molecule is O=C(NCc1cccc(F)c1)NCc1ccnc(OCC(F)(F)F)c1. The monoisotopic (exact) mass is 357 g/mol. The fourth-order valence-corrected chi connectivity index (χ4v) is 1.87. The van der Waals surface area contributed by atoms with Gasteiger partial charge in [0.05, 0.1) is 0 Å². The largest absolute Gasteiger partial charge is 0.468 e. The molecule has 0 radical (unpaired) electrons. The van der Waals surface area contributed by atoms with Gasteiger partial charge in [-0.15, -0.1) is 0 Å². The molecule has 0 fully saturated rings. The average Bonchev–Trinajstić information content (AvgIpc) is 2.56. The van der Waals surface area contributed by atoms with E-state index >= 15 is 0 Å². The van der Waals surface area contributed by atoms with Gasteiger partial charge in [0.1, 0.15) is 5.82 Å². The van der Waals surface area contributed by atoms with E-state index in [1.54, 1.807) is 6.07 Å². The minimum atomic E-state index is -4.45. The highest BCUT2D eigenvalue weighted by Gasteiger charge is 2.28. The first-order valence-electron chi connectivity index (χ1n) is 7.22. The predicted octanol–water partition coefficient (Wildman–Crippen LogP) is 3.16. The maximum absolute atomic E-state index is 13.0. The standard InChI is InChI=1S/C16H15F4N3O2/c17-13-3-1-2-11(6-13)8-22-15(24)23-9-12-4-5-21-14(7-12)25-10-16(18,19)20/h1-7H,8-10H2,(H2,22,23,24). The van der Waals surface area contributed by atoms with Gasteiger partial charge in [-0.2, -0.15) is 13.2 Å². The number of nitrogens with one attached hydrogen (secondary N) is 2. The normalized spacial score (nSPS) is 11.0. The van der Waals surface area contributed by atoms with Crippen molar-refractivity contribution in [3.63, 3.8) is 0 Å².